The maximum atomic E-state index is 13.8. The van der Waals surface area contributed by atoms with Crippen molar-refractivity contribution in [1.29, 1.82) is 0 Å². The second-order valence-corrected chi connectivity index (χ2v) is 9.61. The first-order chi connectivity index (χ1) is 17.9. The van der Waals surface area contributed by atoms with E-state index < -0.39 is 6.04 Å². The lowest BCUT2D eigenvalue weighted by Gasteiger charge is -2.25. The minimum Gasteiger partial charge on any atom is -0.493 e. The summed E-state index contributed by atoms with van der Waals surface area (Å²) in [5.74, 6) is 1.06. The Hall–Kier alpha value is -3.77. The van der Waals surface area contributed by atoms with Gasteiger partial charge in [-0.1, -0.05) is 48.9 Å². The van der Waals surface area contributed by atoms with Gasteiger partial charge in [0.15, 0.2) is 16.9 Å². The number of halogens is 1. The van der Waals surface area contributed by atoms with Crippen molar-refractivity contribution in [3.05, 3.63) is 103 Å². The fourth-order valence-corrected chi connectivity index (χ4v) is 5.10. The molecule has 6 nitrogen and oxygen atoms in total. The number of hydrogen-bond donors (Lipinski definition) is 0. The summed E-state index contributed by atoms with van der Waals surface area (Å²) in [4.78, 5) is 29.2. The Bertz CT molecular complexity index is 1560. The minimum atomic E-state index is -0.561. The summed E-state index contributed by atoms with van der Waals surface area (Å²) in [6.07, 6.45) is 1.45. The van der Waals surface area contributed by atoms with Crippen molar-refractivity contribution < 1.29 is 18.7 Å². The number of carbonyl (C=O) groups is 1. The summed E-state index contributed by atoms with van der Waals surface area (Å²) in [7, 11) is 3.18. The number of carbonyl (C=O) groups excluding carboxylic acids is 1. The molecule has 0 aliphatic carbocycles. The van der Waals surface area contributed by atoms with E-state index in [0.29, 0.717) is 46.0 Å². The zero-order chi connectivity index (χ0) is 26.3. The summed E-state index contributed by atoms with van der Waals surface area (Å²) in [6.45, 7) is 4.31. The molecule has 0 radical (unpaired) electrons. The molecule has 0 spiro atoms. The van der Waals surface area contributed by atoms with Crippen molar-refractivity contribution in [3.63, 3.8) is 0 Å². The quantitative estimate of drug-likeness (QED) is 0.295. The summed E-state index contributed by atoms with van der Waals surface area (Å²) in [6, 6.07) is 16.5. The third-order valence-electron chi connectivity index (χ3n) is 7.04. The van der Waals surface area contributed by atoms with Crippen molar-refractivity contribution in [3.8, 4) is 11.5 Å². The predicted octanol–water partition coefficient (Wildman–Crippen LogP) is 6.12. The maximum absolute atomic E-state index is 13.8. The van der Waals surface area contributed by atoms with Crippen LogP contribution in [0.3, 0.4) is 0 Å². The average Bonchev–Trinajstić information content (AvgIpc) is 3.19. The molecule has 4 aromatic rings. The highest BCUT2D eigenvalue weighted by atomic mass is 35.5. The molecule has 5 rings (SSSR count). The second kappa shape index (κ2) is 9.94. The van der Waals surface area contributed by atoms with Gasteiger partial charge in [0, 0.05) is 11.6 Å². The topological polar surface area (TPSA) is 69.0 Å². The fourth-order valence-electron chi connectivity index (χ4n) is 4.94. The fraction of sp³-hybridized carbons (Fsp3) is 0.267. The number of rotatable bonds is 7. The highest BCUT2D eigenvalue weighted by Gasteiger charge is 2.42. The van der Waals surface area contributed by atoms with Crippen LogP contribution >= 0.6 is 11.6 Å². The molecule has 0 fully saturated rings. The van der Waals surface area contributed by atoms with Crippen LogP contribution in [0, 0.1) is 6.92 Å². The Balaban J connectivity index is 1.60. The van der Waals surface area contributed by atoms with Gasteiger partial charge in [0.1, 0.15) is 5.58 Å². The molecule has 0 bridgehead atoms. The number of fused-ring (bicyclic) bond motifs is 2. The molecule has 1 aliphatic rings. The molecule has 1 aromatic heterocycles. The van der Waals surface area contributed by atoms with Gasteiger partial charge in [0.25, 0.3) is 5.91 Å². The van der Waals surface area contributed by atoms with Crippen molar-refractivity contribution >= 4 is 28.5 Å². The zero-order valence-corrected chi connectivity index (χ0v) is 22.0. The van der Waals surface area contributed by atoms with Crippen molar-refractivity contribution in [1.82, 2.24) is 4.90 Å². The number of amides is 1. The van der Waals surface area contributed by atoms with E-state index >= 15 is 0 Å². The van der Waals surface area contributed by atoms with Gasteiger partial charge in [0.05, 0.1) is 31.2 Å². The van der Waals surface area contributed by atoms with Crippen LogP contribution in [0.4, 0.5) is 0 Å². The smallest absolute Gasteiger partial charge is 0.290 e. The van der Waals surface area contributed by atoms with Gasteiger partial charge in [-0.25, -0.2) is 0 Å². The maximum Gasteiger partial charge on any atom is 0.290 e. The highest BCUT2D eigenvalue weighted by molar-refractivity contribution is 6.32. The summed E-state index contributed by atoms with van der Waals surface area (Å²) in [5.41, 5.74) is 4.28. The van der Waals surface area contributed by atoms with Gasteiger partial charge in [-0.05, 0) is 66.3 Å². The predicted molar refractivity (Wildman–Crippen MR) is 144 cm³/mol. The van der Waals surface area contributed by atoms with Crippen LogP contribution in [-0.4, -0.2) is 31.6 Å². The molecular weight excluding hydrogens is 490 g/mol. The molecule has 2 heterocycles. The van der Waals surface area contributed by atoms with Gasteiger partial charge in [-0.15, -0.1) is 0 Å². The van der Waals surface area contributed by atoms with Crippen molar-refractivity contribution in [2.75, 3.05) is 20.8 Å². The molecule has 1 atom stereocenters. The number of benzene rings is 3. The van der Waals surface area contributed by atoms with Gasteiger partial charge in [-0.2, -0.15) is 0 Å². The lowest BCUT2D eigenvalue weighted by atomic mass is 9.96. The van der Waals surface area contributed by atoms with E-state index in [1.807, 2.05) is 49.4 Å². The van der Waals surface area contributed by atoms with Crippen molar-refractivity contribution in [2.45, 2.75) is 32.7 Å². The van der Waals surface area contributed by atoms with E-state index in [0.717, 1.165) is 23.1 Å². The zero-order valence-electron chi connectivity index (χ0n) is 21.3. The molecule has 1 aliphatic heterocycles. The third kappa shape index (κ3) is 4.36. The van der Waals surface area contributed by atoms with Crippen LogP contribution in [0.5, 0.6) is 11.5 Å². The number of ether oxygens (including phenoxy) is 2. The lowest BCUT2D eigenvalue weighted by Crippen LogP contribution is -2.31. The summed E-state index contributed by atoms with van der Waals surface area (Å²) < 4.78 is 16.9. The minimum absolute atomic E-state index is 0.0936. The average molecular weight is 518 g/mol. The van der Waals surface area contributed by atoms with Crippen LogP contribution in [0.2, 0.25) is 5.02 Å². The van der Waals surface area contributed by atoms with E-state index in [-0.39, 0.29) is 17.1 Å². The van der Waals surface area contributed by atoms with E-state index in [2.05, 4.69) is 6.92 Å². The summed E-state index contributed by atoms with van der Waals surface area (Å²) in [5, 5.41) is 0.859. The highest BCUT2D eigenvalue weighted by Crippen LogP contribution is 2.39. The molecule has 0 saturated carbocycles. The first-order valence-electron chi connectivity index (χ1n) is 12.2. The SMILES string of the molecule is CCc1ccc(C2c3c(oc4cc(C)c(Cl)cc4c3=O)C(=O)N2CCc2ccc(OC)c(OC)c2)cc1. The van der Waals surface area contributed by atoms with E-state index in [1.54, 1.807) is 31.3 Å². The number of hydrogen-bond acceptors (Lipinski definition) is 5. The molecule has 7 heteroatoms. The molecule has 0 saturated heterocycles. The van der Waals surface area contributed by atoms with Crippen LogP contribution in [0.1, 0.15) is 51.3 Å². The van der Waals surface area contributed by atoms with E-state index in [4.69, 9.17) is 25.5 Å². The lowest BCUT2D eigenvalue weighted by molar-refractivity contribution is 0.0730. The molecule has 37 heavy (non-hydrogen) atoms. The molecule has 1 amide bonds. The molecular formula is C30H28ClNO5. The van der Waals surface area contributed by atoms with E-state index in [9.17, 15) is 9.59 Å². The number of methoxy groups -OCH3 is 2. The molecule has 190 valence electrons. The van der Waals surface area contributed by atoms with E-state index in [1.165, 1.54) is 5.56 Å². The normalized spacial score (nSPS) is 14.8. The monoisotopic (exact) mass is 517 g/mol. The Morgan fingerprint density at radius 3 is 2.32 bits per heavy atom. The van der Waals surface area contributed by atoms with Crippen LogP contribution in [0.15, 0.2) is 63.8 Å². The van der Waals surface area contributed by atoms with Gasteiger partial charge >= 0.3 is 0 Å². The third-order valence-corrected chi connectivity index (χ3v) is 7.45. The molecule has 0 N–H and O–H groups in total. The Morgan fingerprint density at radius 1 is 0.946 bits per heavy atom. The number of nitrogens with zero attached hydrogens (tertiary/aromatic N) is 1. The molecule has 1 unspecified atom stereocenters. The second-order valence-electron chi connectivity index (χ2n) is 9.21. The van der Waals surface area contributed by atoms with Crippen LogP contribution in [0.25, 0.3) is 11.0 Å². The van der Waals surface area contributed by atoms with Crippen LogP contribution in [-0.2, 0) is 12.8 Å². The Morgan fingerprint density at radius 2 is 1.65 bits per heavy atom. The van der Waals surface area contributed by atoms with Crippen molar-refractivity contribution in [2.24, 2.45) is 0 Å². The van der Waals surface area contributed by atoms with Gasteiger partial charge in [0.2, 0.25) is 5.76 Å². The Kier molecular flexibility index (Phi) is 6.69. The number of aryl methyl sites for hydroxylation is 2. The molecule has 3 aromatic carbocycles. The van der Waals surface area contributed by atoms with Gasteiger partial charge in [-0.3, -0.25) is 9.59 Å². The van der Waals surface area contributed by atoms with Gasteiger partial charge < -0.3 is 18.8 Å². The van der Waals surface area contributed by atoms with Crippen LogP contribution < -0.4 is 14.9 Å². The summed E-state index contributed by atoms with van der Waals surface area (Å²) >= 11 is 6.34. The standard InChI is InChI=1S/C30H28ClNO5/c1-5-18-6-9-20(10-7-18)27-26-28(33)21-16-22(31)17(2)14-24(21)37-29(26)30(34)32(27)13-12-19-8-11-23(35-3)25(15-19)36-4/h6-11,14-16,27H,5,12-13H2,1-4H3. The first-order valence-corrected chi connectivity index (χ1v) is 12.6. The largest absolute Gasteiger partial charge is 0.493 e. The first kappa shape index (κ1) is 24.9. The Labute approximate surface area is 220 Å².